The van der Waals surface area contributed by atoms with E-state index in [9.17, 15) is 19.8 Å². The average Bonchev–Trinajstić information content (AvgIpc) is 2.95. The third kappa shape index (κ3) is 10.9. The number of carbonyl (C=O) groups is 2. The van der Waals surface area contributed by atoms with E-state index in [0.717, 1.165) is 8.95 Å². The van der Waals surface area contributed by atoms with Crippen LogP contribution in [0.25, 0.3) is 0 Å². The predicted octanol–water partition coefficient (Wildman–Crippen LogP) is 6.10. The van der Waals surface area contributed by atoms with Crippen LogP contribution in [0.1, 0.15) is 31.8 Å². The van der Waals surface area contributed by atoms with Gasteiger partial charge in [-0.05, 0) is 59.7 Å². The molecule has 0 aromatic heterocycles. The van der Waals surface area contributed by atoms with Gasteiger partial charge in [0.15, 0.2) is 0 Å². The number of nitrogens with zero attached hydrogens (tertiary/aromatic N) is 2. The zero-order valence-electron chi connectivity index (χ0n) is 21.0. The van der Waals surface area contributed by atoms with E-state index in [0.29, 0.717) is 31.2 Å². The number of amides is 2. The summed E-state index contributed by atoms with van der Waals surface area (Å²) >= 11 is 12.9. The number of hydrazone groups is 2. The van der Waals surface area contributed by atoms with Gasteiger partial charge in [-0.3, -0.25) is 9.59 Å². The van der Waals surface area contributed by atoms with Gasteiger partial charge in [0.05, 0.1) is 12.4 Å². The van der Waals surface area contributed by atoms with Crippen molar-refractivity contribution < 1.29 is 39.3 Å². The fraction of sp³-hybridized carbons (Fsp3) is 0. The monoisotopic (exact) mass is 854 g/mol. The Hall–Kier alpha value is -2.70. The van der Waals surface area contributed by atoms with Crippen LogP contribution in [-0.4, -0.2) is 24.2 Å². The van der Waals surface area contributed by atoms with Gasteiger partial charge in [-0.2, -0.15) is 10.2 Å². The number of hydrogen-bond acceptors (Lipinski definition) is 6. The summed E-state index contributed by atoms with van der Waals surface area (Å²) in [5.74, 6) is -1.04. The summed E-state index contributed by atoms with van der Waals surface area (Å²) in [5.41, 5.74) is 6.50. The van der Waals surface area contributed by atoms with Gasteiger partial charge in [0.2, 0.25) is 0 Å². The van der Waals surface area contributed by atoms with Crippen molar-refractivity contribution in [2.75, 3.05) is 0 Å². The van der Waals surface area contributed by atoms with E-state index in [1.165, 1.54) is 12.4 Å². The minimum absolute atomic E-state index is 0. The Labute approximate surface area is 282 Å². The molecule has 13 heteroatoms. The largest absolute Gasteiger partial charge is 2.00 e. The third-order valence-electron chi connectivity index (χ3n) is 4.89. The van der Waals surface area contributed by atoms with Crippen molar-refractivity contribution in [2.24, 2.45) is 10.2 Å². The molecule has 0 aliphatic rings. The van der Waals surface area contributed by atoms with Crippen molar-refractivity contribution in [3.05, 3.63) is 125 Å². The van der Waals surface area contributed by atoms with Gasteiger partial charge in [-0.15, -0.1) is 0 Å². The number of halogens is 4. The first kappa shape index (κ1) is 34.5. The molecule has 0 saturated carbocycles. The summed E-state index contributed by atoms with van der Waals surface area (Å²) in [5, 5.41) is 31.2. The number of carbonyl (C=O) groups excluding carboxylic acids is 2. The number of hydrogen-bond donors (Lipinski definition) is 2. The Bertz CT molecular complexity index is 1440. The van der Waals surface area contributed by atoms with Crippen LogP contribution in [0.5, 0.6) is 11.5 Å². The van der Waals surface area contributed by atoms with Gasteiger partial charge in [-0.1, -0.05) is 112 Å². The molecule has 41 heavy (non-hydrogen) atoms. The van der Waals surface area contributed by atoms with E-state index in [2.05, 4.69) is 84.8 Å². The molecule has 0 unspecified atom stereocenters. The van der Waals surface area contributed by atoms with Gasteiger partial charge in [0.1, 0.15) is 0 Å². The molecule has 8 nitrogen and oxygen atoms in total. The van der Waals surface area contributed by atoms with Crippen molar-refractivity contribution in [1.29, 1.82) is 0 Å². The van der Waals surface area contributed by atoms with Gasteiger partial charge in [0, 0.05) is 29.0 Å². The Morgan fingerprint density at radius 3 is 1.29 bits per heavy atom. The van der Waals surface area contributed by atoms with Crippen LogP contribution in [0.4, 0.5) is 0 Å². The topological polar surface area (TPSA) is 129 Å². The van der Waals surface area contributed by atoms with Crippen molar-refractivity contribution in [2.45, 2.75) is 0 Å². The first-order valence-electron chi connectivity index (χ1n) is 11.2. The predicted molar refractivity (Wildman–Crippen MR) is 166 cm³/mol. The Morgan fingerprint density at radius 1 is 0.610 bits per heavy atom. The molecule has 2 N–H and O–H groups in total. The summed E-state index contributed by atoms with van der Waals surface area (Å²) in [7, 11) is 0. The molecule has 0 fully saturated rings. The van der Waals surface area contributed by atoms with Crippen molar-refractivity contribution in [3.8, 4) is 11.5 Å². The summed E-state index contributed by atoms with van der Waals surface area (Å²) in [6.45, 7) is 0. The van der Waals surface area contributed by atoms with E-state index in [1.54, 1.807) is 72.8 Å². The summed E-state index contributed by atoms with van der Waals surface area (Å²) < 4.78 is 2.37. The molecule has 0 saturated heterocycles. The minimum atomic E-state index is -0.330. The molecule has 0 bridgehead atoms. The van der Waals surface area contributed by atoms with E-state index >= 15 is 0 Å². The Kier molecular flexibility index (Phi) is 14.6. The van der Waals surface area contributed by atoms with Gasteiger partial charge in [0.25, 0.3) is 11.8 Å². The summed E-state index contributed by atoms with van der Waals surface area (Å²) in [6, 6.07) is 24.0. The first-order chi connectivity index (χ1) is 19.2. The van der Waals surface area contributed by atoms with Gasteiger partial charge < -0.3 is 10.2 Å². The van der Waals surface area contributed by atoms with Crippen LogP contribution in [0.3, 0.4) is 0 Å². The second-order valence-electron chi connectivity index (χ2n) is 7.74. The number of rotatable bonds is 6. The molecule has 2 amide bonds. The zero-order valence-corrected chi connectivity index (χ0v) is 30.3. The van der Waals surface area contributed by atoms with Crippen LogP contribution in [-0.2, 0) is 19.5 Å². The van der Waals surface area contributed by atoms with Gasteiger partial charge >= 0.3 is 19.5 Å². The van der Waals surface area contributed by atoms with Crippen molar-refractivity contribution >= 4 is 88.0 Å². The molecule has 204 valence electrons. The molecule has 4 aromatic rings. The molecule has 0 aliphatic carbocycles. The minimum Gasteiger partial charge on any atom is -0.871 e. The van der Waals surface area contributed by atoms with Crippen LogP contribution in [0, 0.1) is 0 Å². The zero-order chi connectivity index (χ0) is 29.1. The molecule has 0 atom stereocenters. The van der Waals surface area contributed by atoms with Crippen molar-refractivity contribution in [1.82, 2.24) is 10.9 Å². The number of benzene rings is 4. The maximum atomic E-state index is 11.8. The molecule has 4 rings (SSSR count). The molecule has 4 aromatic carbocycles. The average molecular weight is 859 g/mol. The Morgan fingerprint density at radius 2 is 0.951 bits per heavy atom. The van der Waals surface area contributed by atoms with Crippen LogP contribution in [0.15, 0.2) is 113 Å². The maximum Gasteiger partial charge on any atom is 2.00 e. The SMILES string of the molecule is O=C(N/N=C/c1cc(Br)cc(Br)c1[O-])c1ccccc1.O=C(N/N=C/c1cc(Br)cc(Br)c1[O-])c1ccccc1.[Zn+2]. The fourth-order valence-electron chi connectivity index (χ4n) is 2.98. The van der Waals surface area contributed by atoms with E-state index in [1.807, 2.05) is 12.1 Å². The van der Waals surface area contributed by atoms with E-state index < -0.39 is 0 Å². The summed E-state index contributed by atoms with van der Waals surface area (Å²) in [4.78, 5) is 23.5. The van der Waals surface area contributed by atoms with E-state index in [4.69, 9.17) is 0 Å². The molecular formula is C28H18Br4N4O4Zn. The number of nitrogens with one attached hydrogen (secondary N) is 2. The normalized spacial score (nSPS) is 10.4. The fourth-order valence-corrected chi connectivity index (χ4v) is 5.50. The second-order valence-corrected chi connectivity index (χ2v) is 11.3. The Balaban J connectivity index is 0.000000280. The van der Waals surface area contributed by atoms with Crippen LogP contribution >= 0.6 is 63.7 Å². The smallest absolute Gasteiger partial charge is 0.871 e. The maximum absolute atomic E-state index is 11.8. The molecule has 0 radical (unpaired) electrons. The summed E-state index contributed by atoms with van der Waals surface area (Å²) in [6.07, 6.45) is 2.64. The molecule has 0 spiro atoms. The molecule has 0 heterocycles. The van der Waals surface area contributed by atoms with Crippen LogP contribution in [0.2, 0.25) is 0 Å². The molecule has 0 aliphatic heterocycles. The van der Waals surface area contributed by atoms with Gasteiger partial charge in [-0.25, -0.2) is 10.9 Å². The van der Waals surface area contributed by atoms with Crippen LogP contribution < -0.4 is 21.1 Å². The van der Waals surface area contributed by atoms with Crippen molar-refractivity contribution in [3.63, 3.8) is 0 Å². The third-order valence-corrected chi connectivity index (χ3v) is 6.98. The quantitative estimate of drug-likeness (QED) is 0.138. The standard InChI is InChI=1S/2C14H10Br2N2O2.Zn/c2*15-11-6-10(13(19)12(16)7-11)8-17-18-14(20)9-4-2-1-3-5-9;/h2*1-8,19H,(H,18,20);/q;;+2/p-2/b2*17-8+;. The first-order valence-corrected chi connectivity index (χ1v) is 14.4. The van der Waals surface area contributed by atoms with E-state index in [-0.39, 0.29) is 42.8 Å². The molecular weight excluding hydrogens is 841 g/mol. The second kappa shape index (κ2) is 17.3.